The van der Waals surface area contributed by atoms with Gasteiger partial charge in [-0.3, -0.25) is 9.69 Å². The Kier molecular flexibility index (Phi) is 4.24. The molecule has 1 atom stereocenters. The highest BCUT2D eigenvalue weighted by molar-refractivity contribution is 5.74. The second-order valence-corrected chi connectivity index (χ2v) is 5.83. The second-order valence-electron chi connectivity index (χ2n) is 5.83. The molecule has 1 aliphatic rings. The molecule has 2 heterocycles. The van der Waals surface area contributed by atoms with E-state index in [1.54, 1.807) is 6.92 Å². The quantitative estimate of drug-likeness (QED) is 0.868. The van der Waals surface area contributed by atoms with Crippen LogP contribution in [0.15, 0.2) is 42.7 Å². The first-order valence-electron chi connectivity index (χ1n) is 7.66. The van der Waals surface area contributed by atoms with Crippen molar-refractivity contribution in [2.24, 2.45) is 7.05 Å². The largest absolute Gasteiger partial charge is 0.337 e. The van der Waals surface area contributed by atoms with Crippen molar-refractivity contribution >= 4 is 5.91 Å². The minimum Gasteiger partial charge on any atom is -0.337 e. The van der Waals surface area contributed by atoms with E-state index in [9.17, 15) is 4.79 Å². The van der Waals surface area contributed by atoms with E-state index >= 15 is 0 Å². The van der Waals surface area contributed by atoms with Gasteiger partial charge >= 0.3 is 0 Å². The number of hydrogen-bond donors (Lipinski definition) is 0. The van der Waals surface area contributed by atoms with Crippen LogP contribution in [-0.2, 0) is 18.4 Å². The van der Waals surface area contributed by atoms with Gasteiger partial charge in [-0.15, -0.1) is 0 Å². The number of aryl methyl sites for hydroxylation is 1. The van der Waals surface area contributed by atoms with E-state index in [1.807, 2.05) is 42.5 Å². The monoisotopic (exact) mass is 298 g/mol. The lowest BCUT2D eigenvalue weighted by atomic mass is 10.0. The minimum atomic E-state index is 0.118. The van der Waals surface area contributed by atoms with E-state index in [1.165, 1.54) is 5.56 Å². The van der Waals surface area contributed by atoms with Crippen LogP contribution in [0.25, 0.3) is 0 Å². The Morgan fingerprint density at radius 3 is 2.68 bits per heavy atom. The molecule has 3 rings (SSSR count). The maximum absolute atomic E-state index is 12.0. The number of rotatable bonds is 3. The van der Waals surface area contributed by atoms with E-state index in [-0.39, 0.29) is 11.9 Å². The Morgan fingerprint density at radius 1 is 1.27 bits per heavy atom. The number of aromatic nitrogens is 2. The van der Waals surface area contributed by atoms with E-state index in [4.69, 9.17) is 0 Å². The fourth-order valence-corrected chi connectivity index (χ4v) is 3.07. The number of carbonyl (C=O) groups is 1. The first kappa shape index (κ1) is 14.8. The maximum atomic E-state index is 12.0. The highest BCUT2D eigenvalue weighted by Crippen LogP contribution is 2.26. The molecule has 0 bridgehead atoms. The van der Waals surface area contributed by atoms with Crippen LogP contribution in [0.2, 0.25) is 0 Å². The predicted molar refractivity (Wildman–Crippen MR) is 85.1 cm³/mol. The first-order chi connectivity index (χ1) is 10.6. The maximum Gasteiger partial charge on any atom is 0.220 e. The van der Waals surface area contributed by atoms with Crippen LogP contribution in [0.1, 0.15) is 24.4 Å². The Morgan fingerprint density at radius 2 is 2.05 bits per heavy atom. The van der Waals surface area contributed by atoms with Crippen LogP contribution < -0.4 is 0 Å². The average Bonchev–Trinajstić information content (AvgIpc) is 2.93. The molecule has 0 saturated carbocycles. The molecule has 1 aliphatic heterocycles. The van der Waals surface area contributed by atoms with Gasteiger partial charge in [0.25, 0.3) is 0 Å². The van der Waals surface area contributed by atoms with Gasteiger partial charge in [-0.05, 0) is 5.56 Å². The van der Waals surface area contributed by atoms with Crippen molar-refractivity contribution in [3.05, 3.63) is 54.1 Å². The standard InChI is InChI=1S/C17H22N4O/c1-14(22)21-11-10-20(13-17-18-8-9-19(17)2)12-16(21)15-6-4-3-5-7-15/h3-9,16H,10-13H2,1-2H3. The van der Waals surface area contributed by atoms with Crippen LogP contribution >= 0.6 is 0 Å². The zero-order valence-electron chi connectivity index (χ0n) is 13.1. The summed E-state index contributed by atoms with van der Waals surface area (Å²) < 4.78 is 2.05. The molecule has 0 aliphatic carbocycles. The number of piperazine rings is 1. The zero-order chi connectivity index (χ0) is 15.5. The third-order valence-electron chi connectivity index (χ3n) is 4.34. The Hall–Kier alpha value is -2.14. The van der Waals surface area contributed by atoms with Crippen molar-refractivity contribution in [3.8, 4) is 0 Å². The van der Waals surface area contributed by atoms with Crippen LogP contribution in [0.4, 0.5) is 0 Å². The lowest BCUT2D eigenvalue weighted by molar-refractivity contribution is -0.134. The summed E-state index contributed by atoms with van der Waals surface area (Å²) in [5, 5.41) is 0. The fraction of sp³-hybridized carbons (Fsp3) is 0.412. The van der Waals surface area contributed by atoms with Gasteiger partial charge in [0.05, 0.1) is 12.6 Å². The Balaban J connectivity index is 1.78. The average molecular weight is 298 g/mol. The van der Waals surface area contributed by atoms with Gasteiger partial charge in [-0.2, -0.15) is 0 Å². The van der Waals surface area contributed by atoms with Gasteiger partial charge < -0.3 is 9.47 Å². The highest BCUT2D eigenvalue weighted by Gasteiger charge is 2.30. The summed E-state index contributed by atoms with van der Waals surface area (Å²) in [7, 11) is 2.02. The number of carbonyl (C=O) groups excluding carboxylic acids is 1. The van der Waals surface area contributed by atoms with Crippen LogP contribution in [0.5, 0.6) is 0 Å². The first-order valence-corrected chi connectivity index (χ1v) is 7.66. The van der Waals surface area contributed by atoms with Crippen LogP contribution in [0.3, 0.4) is 0 Å². The molecule has 0 spiro atoms. The molecule has 0 radical (unpaired) electrons. The van der Waals surface area contributed by atoms with Crippen molar-refractivity contribution in [1.29, 1.82) is 0 Å². The summed E-state index contributed by atoms with van der Waals surface area (Å²) in [6, 6.07) is 10.4. The topological polar surface area (TPSA) is 41.4 Å². The van der Waals surface area contributed by atoms with Gasteiger partial charge in [-0.1, -0.05) is 30.3 Å². The molecular weight excluding hydrogens is 276 g/mol. The van der Waals surface area contributed by atoms with Gasteiger partial charge in [0.2, 0.25) is 5.91 Å². The van der Waals surface area contributed by atoms with Gasteiger partial charge in [-0.25, -0.2) is 4.98 Å². The predicted octanol–water partition coefficient (Wildman–Crippen LogP) is 1.83. The lowest BCUT2D eigenvalue weighted by Gasteiger charge is -2.41. The number of benzene rings is 1. The summed E-state index contributed by atoms with van der Waals surface area (Å²) in [6.45, 7) is 4.97. The van der Waals surface area contributed by atoms with Crippen LogP contribution in [0, 0.1) is 0 Å². The SMILES string of the molecule is CC(=O)N1CCN(Cc2nccn2C)CC1c1ccccc1. The molecule has 116 valence electrons. The van der Waals surface area contributed by atoms with E-state index in [2.05, 4.69) is 26.6 Å². The summed E-state index contributed by atoms with van der Waals surface area (Å²) in [6.07, 6.45) is 3.80. The third kappa shape index (κ3) is 3.04. The minimum absolute atomic E-state index is 0.118. The molecular formula is C17H22N4O. The fourth-order valence-electron chi connectivity index (χ4n) is 3.07. The molecule has 1 aromatic carbocycles. The molecule has 1 aromatic heterocycles. The summed E-state index contributed by atoms with van der Waals surface area (Å²) >= 11 is 0. The van der Waals surface area contributed by atoms with Crippen molar-refractivity contribution in [2.75, 3.05) is 19.6 Å². The molecule has 0 N–H and O–H groups in total. The number of imidazole rings is 1. The molecule has 1 saturated heterocycles. The van der Waals surface area contributed by atoms with Gasteiger partial charge in [0, 0.05) is 46.0 Å². The summed E-state index contributed by atoms with van der Waals surface area (Å²) in [5.41, 5.74) is 1.20. The normalized spacial score (nSPS) is 19.4. The Bertz CT molecular complexity index is 637. The van der Waals surface area contributed by atoms with Gasteiger partial charge in [0.15, 0.2) is 0 Å². The Labute approximate surface area is 131 Å². The molecule has 5 heteroatoms. The van der Waals surface area contributed by atoms with Crippen molar-refractivity contribution in [3.63, 3.8) is 0 Å². The van der Waals surface area contributed by atoms with E-state index in [0.29, 0.717) is 0 Å². The van der Waals surface area contributed by atoms with Crippen LogP contribution in [-0.4, -0.2) is 44.9 Å². The molecule has 5 nitrogen and oxygen atoms in total. The van der Waals surface area contributed by atoms with Crippen molar-refractivity contribution in [2.45, 2.75) is 19.5 Å². The molecule has 1 amide bonds. The second kappa shape index (κ2) is 6.32. The molecule has 2 aromatic rings. The van der Waals surface area contributed by atoms with Crippen molar-refractivity contribution < 1.29 is 4.79 Å². The molecule has 1 unspecified atom stereocenters. The number of hydrogen-bond acceptors (Lipinski definition) is 3. The molecule has 22 heavy (non-hydrogen) atoms. The highest BCUT2D eigenvalue weighted by atomic mass is 16.2. The van der Waals surface area contributed by atoms with Crippen molar-refractivity contribution in [1.82, 2.24) is 19.4 Å². The summed E-state index contributed by atoms with van der Waals surface area (Å²) in [5.74, 6) is 1.20. The number of amides is 1. The van der Waals surface area contributed by atoms with E-state index < -0.39 is 0 Å². The zero-order valence-corrected chi connectivity index (χ0v) is 13.1. The molecule has 1 fully saturated rings. The number of nitrogens with zero attached hydrogens (tertiary/aromatic N) is 4. The lowest BCUT2D eigenvalue weighted by Crippen LogP contribution is -2.49. The van der Waals surface area contributed by atoms with Gasteiger partial charge in [0.1, 0.15) is 5.82 Å². The smallest absolute Gasteiger partial charge is 0.220 e. The van der Waals surface area contributed by atoms with E-state index in [0.717, 1.165) is 32.0 Å². The third-order valence-corrected chi connectivity index (χ3v) is 4.34. The summed E-state index contributed by atoms with van der Waals surface area (Å²) in [4.78, 5) is 20.7.